The van der Waals surface area contributed by atoms with Gasteiger partial charge in [0.05, 0.1) is 18.7 Å². The molecule has 4 nitrogen and oxygen atoms in total. The van der Waals surface area contributed by atoms with Crippen molar-refractivity contribution < 1.29 is 9.53 Å². The lowest BCUT2D eigenvalue weighted by Gasteiger charge is -2.09. The average molecular weight is 331 g/mol. The molecule has 5 heteroatoms. The fraction of sp³-hybridized carbons (Fsp3) is 0.222. The van der Waals surface area contributed by atoms with Gasteiger partial charge in [-0.2, -0.15) is 5.10 Å². The van der Waals surface area contributed by atoms with Gasteiger partial charge in [-0.25, -0.2) is 5.43 Å². The van der Waals surface area contributed by atoms with Crippen molar-refractivity contribution in [2.45, 2.75) is 26.4 Å². The highest BCUT2D eigenvalue weighted by Gasteiger charge is 2.02. The van der Waals surface area contributed by atoms with E-state index in [1.54, 1.807) is 18.3 Å². The van der Waals surface area contributed by atoms with Gasteiger partial charge in [-0.05, 0) is 49.2 Å². The average Bonchev–Trinajstić information content (AvgIpc) is 2.49. The van der Waals surface area contributed by atoms with Gasteiger partial charge in [0, 0.05) is 5.02 Å². The van der Waals surface area contributed by atoms with Crippen molar-refractivity contribution in [3.8, 4) is 5.75 Å². The van der Waals surface area contributed by atoms with Crippen LogP contribution in [0.4, 0.5) is 0 Å². The highest BCUT2D eigenvalue weighted by molar-refractivity contribution is 6.30. The van der Waals surface area contributed by atoms with Gasteiger partial charge in [0.1, 0.15) is 5.75 Å². The smallest absolute Gasteiger partial charge is 0.244 e. The Hall–Kier alpha value is -2.33. The summed E-state index contributed by atoms with van der Waals surface area (Å²) >= 11 is 5.81. The van der Waals surface area contributed by atoms with Crippen molar-refractivity contribution in [2.24, 2.45) is 5.10 Å². The van der Waals surface area contributed by atoms with Gasteiger partial charge in [-0.1, -0.05) is 35.9 Å². The summed E-state index contributed by atoms with van der Waals surface area (Å²) in [7, 11) is 0. The first kappa shape index (κ1) is 17.0. The molecule has 0 bridgehead atoms. The molecule has 0 atom stereocenters. The van der Waals surface area contributed by atoms with E-state index in [1.807, 2.05) is 50.2 Å². The molecule has 2 rings (SSSR count). The van der Waals surface area contributed by atoms with Gasteiger partial charge in [0.2, 0.25) is 5.91 Å². The standard InChI is InChI=1S/C18H19ClN2O2/c1-13(2)23-17-5-3-4-15(10-17)12-20-21-18(22)11-14-6-8-16(19)9-7-14/h3-10,12-13H,11H2,1-2H3,(H,21,22)/b20-12-. The molecule has 1 N–H and O–H groups in total. The zero-order chi connectivity index (χ0) is 16.7. The van der Waals surface area contributed by atoms with Crippen LogP contribution < -0.4 is 10.2 Å². The number of hydrogen-bond donors (Lipinski definition) is 1. The molecule has 0 fully saturated rings. The summed E-state index contributed by atoms with van der Waals surface area (Å²) in [6.45, 7) is 3.94. The molecular formula is C18H19ClN2O2. The minimum absolute atomic E-state index is 0.112. The van der Waals surface area contributed by atoms with Crippen LogP contribution >= 0.6 is 11.6 Å². The minimum atomic E-state index is -0.182. The normalized spacial score (nSPS) is 11.0. The Morgan fingerprint density at radius 3 is 2.70 bits per heavy atom. The van der Waals surface area contributed by atoms with Gasteiger partial charge in [0.25, 0.3) is 0 Å². The Balaban J connectivity index is 1.88. The van der Waals surface area contributed by atoms with Crippen LogP contribution in [-0.2, 0) is 11.2 Å². The predicted octanol–water partition coefficient (Wildman–Crippen LogP) is 3.82. The van der Waals surface area contributed by atoms with Gasteiger partial charge in [-0.15, -0.1) is 0 Å². The lowest BCUT2D eigenvalue weighted by molar-refractivity contribution is -0.120. The fourth-order valence-electron chi connectivity index (χ4n) is 1.95. The second-order valence-corrected chi connectivity index (χ2v) is 5.77. The predicted molar refractivity (Wildman–Crippen MR) is 93.1 cm³/mol. The van der Waals surface area contributed by atoms with E-state index < -0.39 is 0 Å². The van der Waals surface area contributed by atoms with Gasteiger partial charge in [-0.3, -0.25) is 4.79 Å². The summed E-state index contributed by atoms with van der Waals surface area (Å²) in [6.07, 6.45) is 1.96. The summed E-state index contributed by atoms with van der Waals surface area (Å²) in [5.41, 5.74) is 4.25. The van der Waals surface area contributed by atoms with E-state index in [2.05, 4.69) is 10.5 Å². The van der Waals surface area contributed by atoms with Crippen molar-refractivity contribution in [3.05, 3.63) is 64.7 Å². The maximum absolute atomic E-state index is 11.8. The molecule has 0 aromatic heterocycles. The molecule has 0 unspecified atom stereocenters. The van der Waals surface area contributed by atoms with Crippen LogP contribution in [0.2, 0.25) is 5.02 Å². The Morgan fingerprint density at radius 2 is 2.00 bits per heavy atom. The number of nitrogens with one attached hydrogen (secondary N) is 1. The number of ether oxygens (including phenoxy) is 1. The third-order valence-corrected chi connectivity index (χ3v) is 3.16. The number of amides is 1. The van der Waals surface area contributed by atoms with E-state index in [9.17, 15) is 4.79 Å². The topological polar surface area (TPSA) is 50.7 Å². The zero-order valence-corrected chi connectivity index (χ0v) is 13.9. The summed E-state index contributed by atoms with van der Waals surface area (Å²) in [5.74, 6) is 0.592. The third-order valence-electron chi connectivity index (χ3n) is 2.91. The number of carbonyl (C=O) groups excluding carboxylic acids is 1. The molecule has 0 spiro atoms. The van der Waals surface area contributed by atoms with E-state index in [4.69, 9.17) is 16.3 Å². The molecule has 0 aliphatic rings. The monoisotopic (exact) mass is 330 g/mol. The summed E-state index contributed by atoms with van der Waals surface area (Å²) in [5, 5.41) is 4.62. The Bertz CT molecular complexity index is 682. The number of hydrazone groups is 1. The van der Waals surface area contributed by atoms with Gasteiger partial charge in [0.15, 0.2) is 0 Å². The molecule has 0 aliphatic heterocycles. The van der Waals surface area contributed by atoms with Gasteiger partial charge < -0.3 is 4.74 Å². The number of benzene rings is 2. The molecule has 1 amide bonds. The molecule has 23 heavy (non-hydrogen) atoms. The molecule has 2 aromatic carbocycles. The first-order valence-electron chi connectivity index (χ1n) is 7.36. The van der Waals surface area contributed by atoms with Crippen LogP contribution in [0.5, 0.6) is 5.75 Å². The first-order valence-corrected chi connectivity index (χ1v) is 7.74. The fourth-order valence-corrected chi connectivity index (χ4v) is 2.07. The highest BCUT2D eigenvalue weighted by atomic mass is 35.5. The van der Waals surface area contributed by atoms with Crippen molar-refractivity contribution in [1.29, 1.82) is 0 Å². The number of nitrogens with zero attached hydrogens (tertiary/aromatic N) is 1. The van der Waals surface area contributed by atoms with E-state index >= 15 is 0 Å². The summed E-state index contributed by atoms with van der Waals surface area (Å²) < 4.78 is 5.61. The number of halogens is 1. The molecule has 0 heterocycles. The van der Waals surface area contributed by atoms with Crippen LogP contribution in [0.1, 0.15) is 25.0 Å². The summed E-state index contributed by atoms with van der Waals surface area (Å²) in [6, 6.07) is 14.7. The molecule has 0 saturated carbocycles. The van der Waals surface area contributed by atoms with E-state index in [1.165, 1.54) is 0 Å². The third kappa shape index (κ3) is 6.12. The SMILES string of the molecule is CC(C)Oc1cccc(/C=N\NC(=O)Cc2ccc(Cl)cc2)c1. The van der Waals surface area contributed by atoms with E-state index in [0.717, 1.165) is 16.9 Å². The summed E-state index contributed by atoms with van der Waals surface area (Å²) in [4.78, 5) is 11.8. The maximum Gasteiger partial charge on any atom is 0.244 e. The second kappa shape index (κ2) is 8.34. The Kier molecular flexibility index (Phi) is 6.18. The second-order valence-electron chi connectivity index (χ2n) is 5.34. The maximum atomic E-state index is 11.8. The molecule has 2 aromatic rings. The lowest BCUT2D eigenvalue weighted by atomic mass is 10.1. The van der Waals surface area contributed by atoms with Crippen molar-refractivity contribution >= 4 is 23.7 Å². The quantitative estimate of drug-likeness (QED) is 0.646. The van der Waals surface area contributed by atoms with Crippen LogP contribution in [0.15, 0.2) is 53.6 Å². The Morgan fingerprint density at radius 1 is 1.26 bits per heavy atom. The van der Waals surface area contributed by atoms with Crippen molar-refractivity contribution in [3.63, 3.8) is 0 Å². The molecule has 120 valence electrons. The van der Waals surface area contributed by atoms with E-state index in [-0.39, 0.29) is 18.4 Å². The van der Waals surface area contributed by atoms with Crippen LogP contribution in [0.3, 0.4) is 0 Å². The molecule has 0 aliphatic carbocycles. The minimum Gasteiger partial charge on any atom is -0.491 e. The number of rotatable bonds is 6. The van der Waals surface area contributed by atoms with Crippen LogP contribution in [-0.4, -0.2) is 18.2 Å². The van der Waals surface area contributed by atoms with Crippen LogP contribution in [0.25, 0.3) is 0 Å². The number of hydrogen-bond acceptors (Lipinski definition) is 3. The Labute approximate surface area is 141 Å². The largest absolute Gasteiger partial charge is 0.491 e. The van der Waals surface area contributed by atoms with E-state index in [0.29, 0.717) is 5.02 Å². The first-order chi connectivity index (χ1) is 11.0. The number of carbonyl (C=O) groups is 1. The van der Waals surface area contributed by atoms with Gasteiger partial charge >= 0.3 is 0 Å². The molecule has 0 saturated heterocycles. The molecule has 0 radical (unpaired) electrons. The highest BCUT2D eigenvalue weighted by Crippen LogP contribution is 2.13. The van der Waals surface area contributed by atoms with Crippen LogP contribution in [0, 0.1) is 0 Å². The lowest BCUT2D eigenvalue weighted by Crippen LogP contribution is -2.19. The molecular weight excluding hydrogens is 312 g/mol. The van der Waals surface area contributed by atoms with Crippen molar-refractivity contribution in [2.75, 3.05) is 0 Å². The van der Waals surface area contributed by atoms with Crippen molar-refractivity contribution in [1.82, 2.24) is 5.43 Å². The zero-order valence-electron chi connectivity index (χ0n) is 13.1.